The number of para-hydroxylation sites is 3. The third kappa shape index (κ3) is 4.74. The van der Waals surface area contributed by atoms with Gasteiger partial charge in [0.15, 0.2) is 0 Å². The first-order chi connectivity index (χ1) is 11.2. The van der Waals surface area contributed by atoms with Gasteiger partial charge in [0.1, 0.15) is 0 Å². The van der Waals surface area contributed by atoms with E-state index in [0.717, 1.165) is 0 Å². The first kappa shape index (κ1) is 15.9. The molecule has 3 nitrogen and oxygen atoms in total. The molecular formula is C18H15O3PSe. The fraction of sp³-hybridized carbons (Fsp3) is 0. The third-order valence-corrected chi connectivity index (χ3v) is 5.59. The maximum atomic E-state index is 6.02. The summed E-state index contributed by atoms with van der Waals surface area (Å²) in [7, 11) is 0. The molecule has 0 bridgehead atoms. The van der Waals surface area contributed by atoms with Gasteiger partial charge in [-0.05, 0) is 0 Å². The molecule has 23 heavy (non-hydrogen) atoms. The second-order valence-electron chi connectivity index (χ2n) is 4.66. The molecule has 0 aliphatic carbocycles. The molecule has 116 valence electrons. The van der Waals surface area contributed by atoms with Gasteiger partial charge in [-0.3, -0.25) is 0 Å². The molecule has 0 saturated heterocycles. The minimum absolute atomic E-state index is 0.687. The molecular weight excluding hydrogens is 374 g/mol. The minimum atomic E-state index is -2.76. The summed E-state index contributed by atoms with van der Waals surface area (Å²) in [6.45, 7) is 0. The third-order valence-electron chi connectivity index (χ3n) is 2.88. The van der Waals surface area contributed by atoms with E-state index in [-0.39, 0.29) is 0 Å². The first-order valence-electron chi connectivity index (χ1n) is 7.07. The molecule has 0 amide bonds. The van der Waals surface area contributed by atoms with E-state index in [9.17, 15) is 0 Å². The Kier molecular flexibility index (Phi) is 5.19. The Labute approximate surface area is 143 Å². The molecule has 0 aliphatic heterocycles. The number of hydrogen-bond acceptors (Lipinski definition) is 3. The van der Waals surface area contributed by atoms with E-state index in [4.69, 9.17) is 13.6 Å². The SMILES string of the molecule is [Se]=P(Oc1ccccc1)(Oc1ccccc1)Oc1ccccc1. The Balaban J connectivity index is 1.87. The molecule has 0 unspecified atom stereocenters. The van der Waals surface area contributed by atoms with Crippen LogP contribution in [0, 0.1) is 0 Å². The van der Waals surface area contributed by atoms with Crippen LogP contribution < -0.4 is 13.6 Å². The number of hydrogen-bond donors (Lipinski definition) is 0. The van der Waals surface area contributed by atoms with Gasteiger partial charge < -0.3 is 0 Å². The maximum absolute atomic E-state index is 6.02. The molecule has 5 heteroatoms. The van der Waals surface area contributed by atoms with E-state index in [1.165, 1.54) is 0 Å². The van der Waals surface area contributed by atoms with Crippen LogP contribution in [0.5, 0.6) is 17.2 Å². The van der Waals surface area contributed by atoms with Gasteiger partial charge in [0.25, 0.3) is 0 Å². The van der Waals surface area contributed by atoms with Crippen molar-refractivity contribution < 1.29 is 13.6 Å². The van der Waals surface area contributed by atoms with E-state index in [1.54, 1.807) is 0 Å². The summed E-state index contributed by atoms with van der Waals surface area (Å²) in [4.78, 5) is 0. The molecule has 0 saturated carbocycles. The van der Waals surface area contributed by atoms with E-state index < -0.39 is 6.19 Å². The molecule has 0 aromatic heterocycles. The summed E-state index contributed by atoms with van der Waals surface area (Å²) in [5.41, 5.74) is 0. The Morgan fingerprint density at radius 1 is 0.478 bits per heavy atom. The molecule has 0 heterocycles. The van der Waals surface area contributed by atoms with E-state index in [0.29, 0.717) is 17.2 Å². The van der Waals surface area contributed by atoms with Crippen molar-refractivity contribution in [1.29, 1.82) is 0 Å². The van der Waals surface area contributed by atoms with Crippen LogP contribution in [-0.4, -0.2) is 15.1 Å². The summed E-state index contributed by atoms with van der Waals surface area (Å²) >= 11 is 2.98. The van der Waals surface area contributed by atoms with Crippen LogP contribution in [0.2, 0.25) is 0 Å². The van der Waals surface area contributed by atoms with E-state index in [1.807, 2.05) is 91.0 Å². The van der Waals surface area contributed by atoms with Crippen LogP contribution in [0.15, 0.2) is 91.0 Å². The van der Waals surface area contributed by atoms with Crippen molar-refractivity contribution in [3.63, 3.8) is 0 Å². The summed E-state index contributed by atoms with van der Waals surface area (Å²) in [6.07, 6.45) is -2.76. The van der Waals surface area contributed by atoms with Crippen molar-refractivity contribution in [3.05, 3.63) is 91.0 Å². The first-order valence-corrected chi connectivity index (χ1v) is 10.8. The molecule has 3 rings (SSSR count). The van der Waals surface area contributed by atoms with E-state index >= 15 is 0 Å². The molecule has 0 atom stereocenters. The average Bonchev–Trinajstić information content (AvgIpc) is 2.57. The van der Waals surface area contributed by atoms with Gasteiger partial charge >= 0.3 is 143 Å². The average molecular weight is 389 g/mol. The van der Waals surface area contributed by atoms with Crippen LogP contribution >= 0.6 is 6.19 Å². The number of benzene rings is 3. The van der Waals surface area contributed by atoms with Crippen molar-refractivity contribution in [2.75, 3.05) is 0 Å². The van der Waals surface area contributed by atoms with Crippen molar-refractivity contribution in [2.24, 2.45) is 0 Å². The zero-order valence-corrected chi connectivity index (χ0v) is 14.8. The molecule has 0 spiro atoms. The molecule has 0 radical (unpaired) electrons. The van der Waals surface area contributed by atoms with Crippen molar-refractivity contribution in [3.8, 4) is 17.2 Å². The number of rotatable bonds is 6. The molecule has 3 aromatic rings. The Morgan fingerprint density at radius 3 is 1.00 bits per heavy atom. The Morgan fingerprint density at radius 2 is 0.739 bits per heavy atom. The second-order valence-corrected chi connectivity index (χ2v) is 8.92. The van der Waals surface area contributed by atoms with Gasteiger partial charge in [-0.1, -0.05) is 0 Å². The standard InChI is InChI=1S/C18H15O3PSe/c23-22(19-16-10-4-1-5-11-16,20-17-12-6-2-7-13-17)21-18-14-8-3-9-15-18/h1-15H. The Hall–Kier alpha value is -1.99. The van der Waals surface area contributed by atoms with Crippen molar-refractivity contribution in [2.45, 2.75) is 0 Å². The molecule has 3 aromatic carbocycles. The monoisotopic (exact) mass is 390 g/mol. The quantitative estimate of drug-likeness (QED) is 0.435. The van der Waals surface area contributed by atoms with Crippen LogP contribution in [-0.2, 0) is 0 Å². The summed E-state index contributed by atoms with van der Waals surface area (Å²) in [5, 5.41) is 0. The van der Waals surface area contributed by atoms with Crippen LogP contribution in [0.25, 0.3) is 0 Å². The zero-order valence-electron chi connectivity index (χ0n) is 12.2. The zero-order chi connectivity index (χ0) is 16.0. The summed E-state index contributed by atoms with van der Waals surface area (Å²) in [6, 6.07) is 28.5. The summed E-state index contributed by atoms with van der Waals surface area (Å²) in [5.74, 6) is 2.06. The molecule has 0 N–H and O–H groups in total. The van der Waals surface area contributed by atoms with Gasteiger partial charge in [0, 0.05) is 0 Å². The van der Waals surface area contributed by atoms with Gasteiger partial charge in [-0.2, -0.15) is 0 Å². The normalized spacial score (nSPS) is 10.8. The summed E-state index contributed by atoms with van der Waals surface area (Å²) < 4.78 is 18.1. The van der Waals surface area contributed by atoms with Crippen LogP contribution in [0.4, 0.5) is 0 Å². The predicted molar refractivity (Wildman–Crippen MR) is 93.9 cm³/mol. The fourth-order valence-corrected chi connectivity index (χ4v) is 4.76. The van der Waals surface area contributed by atoms with Gasteiger partial charge in [-0.25, -0.2) is 0 Å². The van der Waals surface area contributed by atoms with Crippen LogP contribution in [0.1, 0.15) is 0 Å². The second kappa shape index (κ2) is 7.52. The van der Waals surface area contributed by atoms with Crippen molar-refractivity contribution >= 4 is 21.3 Å². The predicted octanol–water partition coefficient (Wildman–Crippen LogP) is 5.07. The van der Waals surface area contributed by atoms with Gasteiger partial charge in [0.05, 0.1) is 0 Å². The topological polar surface area (TPSA) is 27.7 Å². The van der Waals surface area contributed by atoms with Crippen molar-refractivity contribution in [1.82, 2.24) is 0 Å². The van der Waals surface area contributed by atoms with E-state index in [2.05, 4.69) is 15.1 Å². The molecule has 0 fully saturated rings. The molecule has 0 aliphatic rings. The Bertz CT molecular complexity index is 671. The van der Waals surface area contributed by atoms with Crippen LogP contribution in [0.3, 0.4) is 0 Å². The van der Waals surface area contributed by atoms with Gasteiger partial charge in [-0.15, -0.1) is 0 Å². The fourth-order valence-electron chi connectivity index (χ4n) is 1.89. The van der Waals surface area contributed by atoms with Gasteiger partial charge in [0.2, 0.25) is 0 Å².